The highest BCUT2D eigenvalue weighted by Gasteiger charge is 2.26. The predicted molar refractivity (Wildman–Crippen MR) is 316 cm³/mol. The molecule has 422 valence electrons. The van der Waals surface area contributed by atoms with Crippen LogP contribution in [-0.2, 0) is 27.9 Å². The van der Waals surface area contributed by atoms with Gasteiger partial charge in [0.1, 0.15) is 19.3 Å². The van der Waals surface area contributed by atoms with Gasteiger partial charge in [0, 0.05) is 13.0 Å². The number of allylic oxidation sites excluding steroid dienone is 16. The van der Waals surface area contributed by atoms with Crippen molar-refractivity contribution in [2.75, 3.05) is 54.1 Å². The molecular formula is C64H115NO7P+. The smallest absolute Gasteiger partial charge is 0.457 e. The quantitative estimate of drug-likeness (QED) is 0.0213. The summed E-state index contributed by atoms with van der Waals surface area (Å²) in [6, 6.07) is 0. The number of likely N-dealkylation sites (N-methyl/N-ethyl adjacent to an activating group) is 1. The van der Waals surface area contributed by atoms with E-state index < -0.39 is 13.9 Å². The molecule has 0 bridgehead atoms. The summed E-state index contributed by atoms with van der Waals surface area (Å²) in [5.41, 5.74) is 0. The Morgan fingerprint density at radius 1 is 0.438 bits per heavy atom. The van der Waals surface area contributed by atoms with Crippen molar-refractivity contribution in [1.29, 1.82) is 0 Å². The van der Waals surface area contributed by atoms with E-state index in [1.54, 1.807) is 0 Å². The molecule has 0 aliphatic rings. The molecular weight excluding hydrogens is 926 g/mol. The number of hydrogen-bond acceptors (Lipinski definition) is 6. The first kappa shape index (κ1) is 70.4. The van der Waals surface area contributed by atoms with Crippen LogP contribution in [0.4, 0.5) is 0 Å². The summed E-state index contributed by atoms with van der Waals surface area (Å²) in [4.78, 5) is 23.1. The van der Waals surface area contributed by atoms with E-state index in [2.05, 4.69) is 111 Å². The van der Waals surface area contributed by atoms with Gasteiger partial charge in [0.25, 0.3) is 0 Å². The summed E-state index contributed by atoms with van der Waals surface area (Å²) >= 11 is 0. The Hall–Kier alpha value is -2.58. The lowest BCUT2D eigenvalue weighted by molar-refractivity contribution is -0.870. The maximum Gasteiger partial charge on any atom is 0.472 e. The largest absolute Gasteiger partial charge is 0.472 e. The molecule has 0 heterocycles. The summed E-state index contributed by atoms with van der Waals surface area (Å²) in [5.74, 6) is -0.329. The first-order chi connectivity index (χ1) is 35.6. The molecule has 0 aromatic rings. The highest BCUT2D eigenvalue weighted by Crippen LogP contribution is 2.43. The van der Waals surface area contributed by atoms with Crippen LogP contribution < -0.4 is 0 Å². The topological polar surface area (TPSA) is 91.3 Å². The van der Waals surface area contributed by atoms with Gasteiger partial charge in [-0.3, -0.25) is 13.8 Å². The van der Waals surface area contributed by atoms with Crippen molar-refractivity contribution in [1.82, 2.24) is 0 Å². The Balaban J connectivity index is 4.11. The van der Waals surface area contributed by atoms with Gasteiger partial charge in [0.2, 0.25) is 0 Å². The average molecular weight is 1040 g/mol. The van der Waals surface area contributed by atoms with Crippen LogP contribution in [0.3, 0.4) is 0 Å². The van der Waals surface area contributed by atoms with Gasteiger partial charge in [-0.25, -0.2) is 4.57 Å². The molecule has 0 spiro atoms. The van der Waals surface area contributed by atoms with E-state index in [-0.39, 0.29) is 25.8 Å². The number of unbranched alkanes of at least 4 members (excludes halogenated alkanes) is 25. The fraction of sp³-hybridized carbons (Fsp3) is 0.734. The van der Waals surface area contributed by atoms with Crippen molar-refractivity contribution in [2.24, 2.45) is 0 Å². The Bertz CT molecular complexity index is 1490. The number of carbonyl (C=O) groups is 1. The number of carbonyl (C=O) groups excluding carboxylic acids is 1. The number of quaternary nitrogens is 1. The SMILES string of the molecule is CC/C=C\C/C=C\C/C=C\C/C=C\C/C=C\C/C=C\CCCCCCCCC(=O)OC(COCCCCCCCCCCCCCCCC/C=C\C/C=C\CCCCCCC)COP(=O)(O)OCC[N+](C)(C)C. The lowest BCUT2D eigenvalue weighted by Crippen LogP contribution is -2.37. The van der Waals surface area contributed by atoms with Gasteiger partial charge in [-0.2, -0.15) is 0 Å². The molecule has 2 atom stereocenters. The molecule has 0 aliphatic heterocycles. The molecule has 0 rings (SSSR count). The van der Waals surface area contributed by atoms with Crippen LogP contribution in [-0.4, -0.2) is 75.6 Å². The normalized spacial score (nSPS) is 14.1. The highest BCUT2D eigenvalue weighted by molar-refractivity contribution is 7.47. The van der Waals surface area contributed by atoms with Crippen LogP contribution in [0, 0.1) is 0 Å². The van der Waals surface area contributed by atoms with Crippen molar-refractivity contribution < 1.29 is 37.3 Å². The minimum Gasteiger partial charge on any atom is -0.457 e. The van der Waals surface area contributed by atoms with Gasteiger partial charge >= 0.3 is 13.8 Å². The summed E-state index contributed by atoms with van der Waals surface area (Å²) in [6.07, 6.45) is 77.6. The minimum atomic E-state index is -4.30. The Morgan fingerprint density at radius 2 is 0.795 bits per heavy atom. The minimum absolute atomic E-state index is 0.0809. The van der Waals surface area contributed by atoms with Gasteiger partial charge in [-0.05, 0) is 96.3 Å². The molecule has 0 aromatic carbocycles. The van der Waals surface area contributed by atoms with Crippen molar-refractivity contribution in [3.05, 3.63) is 97.2 Å². The standard InChI is InChI=1S/C64H114NO7P/c1-6-8-10-12-14-16-18-20-22-24-26-28-30-32-34-36-38-40-42-44-46-48-50-52-54-56-59-69-61-63(62-71-73(67,68)70-60-58-65(3,4)5)72-64(66)57-55-53-51-49-47-45-43-41-39-37-35-33-31-29-27-25-23-21-19-17-15-13-11-9-7-2/h9,11,15,17-18,20-21,23-24,26-27,29,33,35,39,41,63H,6-8,10,12-14,16,19,22,25,28,30-32,34,36-38,40,42-62H2,1-5H3/p+1/b11-9-,17-15-,20-18-,23-21-,26-24-,29-27-,35-33-,41-39-. The second-order valence-corrected chi connectivity index (χ2v) is 22.4. The fourth-order valence-corrected chi connectivity index (χ4v) is 8.80. The van der Waals surface area contributed by atoms with Crippen LogP contribution in [0.15, 0.2) is 97.2 Å². The zero-order valence-corrected chi connectivity index (χ0v) is 49.0. The maximum absolute atomic E-state index is 12.8. The number of hydrogen-bond donors (Lipinski definition) is 1. The molecule has 0 radical (unpaired) electrons. The van der Waals surface area contributed by atoms with Gasteiger partial charge in [0.15, 0.2) is 0 Å². The first-order valence-electron chi connectivity index (χ1n) is 30.0. The number of nitrogens with zero attached hydrogens (tertiary/aromatic N) is 1. The summed E-state index contributed by atoms with van der Waals surface area (Å²) in [6.45, 7) is 5.49. The van der Waals surface area contributed by atoms with Gasteiger partial charge in [-0.15, -0.1) is 0 Å². The first-order valence-corrected chi connectivity index (χ1v) is 31.5. The Morgan fingerprint density at radius 3 is 1.19 bits per heavy atom. The zero-order chi connectivity index (χ0) is 53.3. The van der Waals surface area contributed by atoms with Crippen LogP contribution >= 0.6 is 7.82 Å². The zero-order valence-electron chi connectivity index (χ0n) is 48.1. The van der Waals surface area contributed by atoms with Crippen LogP contribution in [0.1, 0.15) is 245 Å². The molecule has 1 N–H and O–H groups in total. The number of esters is 1. The third kappa shape index (κ3) is 60.2. The van der Waals surface area contributed by atoms with Crippen LogP contribution in [0.2, 0.25) is 0 Å². The lowest BCUT2D eigenvalue weighted by atomic mass is 10.0. The third-order valence-electron chi connectivity index (χ3n) is 12.6. The molecule has 0 fully saturated rings. The average Bonchev–Trinajstić information content (AvgIpc) is 3.35. The highest BCUT2D eigenvalue weighted by atomic mass is 31.2. The van der Waals surface area contributed by atoms with Gasteiger partial charge < -0.3 is 18.9 Å². The molecule has 0 saturated carbocycles. The van der Waals surface area contributed by atoms with E-state index in [1.165, 1.54) is 135 Å². The van der Waals surface area contributed by atoms with Gasteiger partial charge in [0.05, 0.1) is 34.4 Å². The van der Waals surface area contributed by atoms with Crippen molar-refractivity contribution >= 4 is 13.8 Å². The number of phosphoric ester groups is 1. The van der Waals surface area contributed by atoms with E-state index in [4.69, 9.17) is 18.5 Å². The van der Waals surface area contributed by atoms with E-state index in [0.29, 0.717) is 24.1 Å². The summed E-state index contributed by atoms with van der Waals surface area (Å²) < 4.78 is 35.3. The van der Waals surface area contributed by atoms with Crippen molar-refractivity contribution in [3.8, 4) is 0 Å². The Labute approximate surface area is 451 Å². The van der Waals surface area contributed by atoms with E-state index in [1.807, 2.05) is 21.1 Å². The van der Waals surface area contributed by atoms with E-state index in [0.717, 1.165) is 89.9 Å². The summed E-state index contributed by atoms with van der Waals surface area (Å²) in [5, 5.41) is 0. The fourth-order valence-electron chi connectivity index (χ4n) is 8.06. The molecule has 2 unspecified atom stereocenters. The number of phosphoric acid groups is 1. The molecule has 0 aromatic heterocycles. The molecule has 73 heavy (non-hydrogen) atoms. The maximum atomic E-state index is 12.8. The Kier molecular flexibility index (Phi) is 53.7. The van der Waals surface area contributed by atoms with Crippen molar-refractivity contribution in [3.63, 3.8) is 0 Å². The van der Waals surface area contributed by atoms with Gasteiger partial charge in [-0.1, -0.05) is 239 Å². The molecule has 8 nitrogen and oxygen atoms in total. The number of ether oxygens (including phenoxy) is 2. The monoisotopic (exact) mass is 1040 g/mol. The van der Waals surface area contributed by atoms with Crippen LogP contribution in [0.5, 0.6) is 0 Å². The summed E-state index contributed by atoms with van der Waals surface area (Å²) in [7, 11) is 1.65. The molecule has 0 saturated heterocycles. The molecule has 0 amide bonds. The lowest BCUT2D eigenvalue weighted by Gasteiger charge is -2.24. The molecule has 0 aliphatic carbocycles. The molecule has 9 heteroatoms. The predicted octanol–water partition coefficient (Wildman–Crippen LogP) is 19.3. The number of rotatable bonds is 55. The third-order valence-corrected chi connectivity index (χ3v) is 13.6. The van der Waals surface area contributed by atoms with E-state index in [9.17, 15) is 14.3 Å². The second kappa shape index (κ2) is 55.6. The van der Waals surface area contributed by atoms with Crippen molar-refractivity contribution in [2.45, 2.75) is 251 Å². The van der Waals surface area contributed by atoms with Crippen LogP contribution in [0.25, 0.3) is 0 Å². The van der Waals surface area contributed by atoms with E-state index >= 15 is 0 Å². The second-order valence-electron chi connectivity index (χ2n) is 21.0.